The summed E-state index contributed by atoms with van der Waals surface area (Å²) in [6.45, 7) is 3.29. The third-order valence-corrected chi connectivity index (χ3v) is 4.17. The fourth-order valence-electron chi connectivity index (χ4n) is 3.02. The van der Waals surface area contributed by atoms with E-state index in [2.05, 4.69) is 24.4 Å². The highest BCUT2D eigenvalue weighted by atomic mass is 35.5. The minimum atomic E-state index is 0.632. The van der Waals surface area contributed by atoms with E-state index in [4.69, 9.17) is 11.6 Å². The van der Waals surface area contributed by atoms with Gasteiger partial charge in [0.1, 0.15) is 0 Å². The Bertz CT molecular complexity index is 389. The van der Waals surface area contributed by atoms with Crippen LogP contribution < -0.4 is 5.32 Å². The van der Waals surface area contributed by atoms with Crippen molar-refractivity contribution in [2.24, 2.45) is 5.92 Å². The molecule has 0 saturated carbocycles. The summed E-state index contributed by atoms with van der Waals surface area (Å²) < 4.78 is 0. The Balaban J connectivity index is 2.06. The van der Waals surface area contributed by atoms with Crippen molar-refractivity contribution in [2.75, 3.05) is 6.54 Å². The van der Waals surface area contributed by atoms with Crippen LogP contribution in [0.4, 0.5) is 0 Å². The minimum Gasteiger partial charge on any atom is -0.310 e. The summed E-state index contributed by atoms with van der Waals surface area (Å²) in [4.78, 5) is 0. The summed E-state index contributed by atoms with van der Waals surface area (Å²) in [6.07, 6.45) is 8.01. The summed E-state index contributed by atoms with van der Waals surface area (Å²) in [5, 5.41) is 4.64. The first-order chi connectivity index (χ1) is 7.25. The zero-order chi connectivity index (χ0) is 10.4. The number of nitrogens with one attached hydrogen (secondary N) is 1. The molecule has 15 heavy (non-hydrogen) atoms. The van der Waals surface area contributed by atoms with Gasteiger partial charge in [-0.2, -0.15) is 0 Å². The largest absolute Gasteiger partial charge is 0.310 e. The molecule has 2 heteroatoms. The molecular weight excluding hydrogens is 206 g/mol. The highest BCUT2D eigenvalue weighted by Gasteiger charge is 2.31. The van der Waals surface area contributed by atoms with Gasteiger partial charge in [0, 0.05) is 17.6 Å². The van der Waals surface area contributed by atoms with Crippen molar-refractivity contribution in [1.82, 2.24) is 5.32 Å². The van der Waals surface area contributed by atoms with E-state index in [1.54, 1.807) is 5.57 Å². The normalized spacial score (nSPS) is 34.5. The molecule has 0 saturated heterocycles. The maximum Gasteiger partial charge on any atom is 0.0256 e. The van der Waals surface area contributed by atoms with E-state index in [0.717, 1.165) is 23.9 Å². The Hall–Kier alpha value is -0.530. The zero-order valence-electron chi connectivity index (χ0n) is 9.02. The van der Waals surface area contributed by atoms with E-state index >= 15 is 0 Å². The van der Waals surface area contributed by atoms with Crippen LogP contribution in [-0.2, 0) is 0 Å². The first kappa shape index (κ1) is 9.68. The van der Waals surface area contributed by atoms with Gasteiger partial charge in [0.05, 0.1) is 0 Å². The molecule has 1 N–H and O–H groups in total. The molecule has 1 heterocycles. The molecular formula is C13H16ClN. The third kappa shape index (κ3) is 1.49. The van der Waals surface area contributed by atoms with E-state index in [0.29, 0.717) is 6.04 Å². The molecule has 0 amide bonds. The van der Waals surface area contributed by atoms with Crippen LogP contribution in [0.15, 0.2) is 33.9 Å². The SMILES string of the molecule is C[C@H]1C[C@@H]2CCC(Cl)=C3C=CC(=C32)CN1. The Morgan fingerprint density at radius 1 is 1.40 bits per heavy atom. The molecule has 3 rings (SSSR count). The first-order valence-electron chi connectivity index (χ1n) is 5.79. The van der Waals surface area contributed by atoms with Crippen LogP contribution >= 0.6 is 11.6 Å². The molecule has 0 aromatic heterocycles. The van der Waals surface area contributed by atoms with Crippen molar-refractivity contribution < 1.29 is 0 Å². The van der Waals surface area contributed by atoms with Gasteiger partial charge >= 0.3 is 0 Å². The van der Waals surface area contributed by atoms with Crippen LogP contribution in [0.25, 0.3) is 0 Å². The number of rotatable bonds is 0. The Kier molecular flexibility index (Phi) is 2.26. The lowest BCUT2D eigenvalue weighted by atomic mass is 9.81. The number of hydrogen-bond acceptors (Lipinski definition) is 1. The van der Waals surface area contributed by atoms with Gasteiger partial charge in [-0.1, -0.05) is 23.8 Å². The van der Waals surface area contributed by atoms with Crippen molar-refractivity contribution in [3.05, 3.63) is 33.9 Å². The van der Waals surface area contributed by atoms with Crippen LogP contribution in [-0.4, -0.2) is 12.6 Å². The van der Waals surface area contributed by atoms with Crippen molar-refractivity contribution in [2.45, 2.75) is 32.2 Å². The van der Waals surface area contributed by atoms with Gasteiger partial charge in [-0.15, -0.1) is 0 Å². The van der Waals surface area contributed by atoms with E-state index in [1.807, 2.05) is 0 Å². The lowest BCUT2D eigenvalue weighted by Crippen LogP contribution is -2.27. The van der Waals surface area contributed by atoms with Crippen LogP contribution in [0.3, 0.4) is 0 Å². The van der Waals surface area contributed by atoms with Crippen LogP contribution in [0.1, 0.15) is 26.2 Å². The lowest BCUT2D eigenvalue weighted by molar-refractivity contribution is 0.441. The predicted octanol–water partition coefficient (Wildman–Crippen LogP) is 3.14. The number of halogens is 1. The van der Waals surface area contributed by atoms with Crippen LogP contribution in [0, 0.1) is 5.92 Å². The van der Waals surface area contributed by atoms with Gasteiger partial charge in [0.15, 0.2) is 0 Å². The molecule has 0 radical (unpaired) electrons. The second-order valence-electron chi connectivity index (χ2n) is 4.84. The highest BCUT2D eigenvalue weighted by Crippen LogP contribution is 2.44. The quantitative estimate of drug-likeness (QED) is 0.663. The average molecular weight is 222 g/mol. The molecule has 0 aromatic rings. The molecule has 80 valence electrons. The number of hydrogen-bond donors (Lipinski definition) is 1. The van der Waals surface area contributed by atoms with E-state index in [9.17, 15) is 0 Å². The predicted molar refractivity (Wildman–Crippen MR) is 63.9 cm³/mol. The monoisotopic (exact) mass is 221 g/mol. The highest BCUT2D eigenvalue weighted by molar-refractivity contribution is 6.30. The van der Waals surface area contributed by atoms with Crippen molar-refractivity contribution >= 4 is 11.6 Å². The van der Waals surface area contributed by atoms with Gasteiger partial charge in [-0.3, -0.25) is 0 Å². The van der Waals surface area contributed by atoms with Crippen molar-refractivity contribution in [1.29, 1.82) is 0 Å². The molecule has 0 spiro atoms. The van der Waals surface area contributed by atoms with Gasteiger partial charge < -0.3 is 5.32 Å². The molecule has 1 nitrogen and oxygen atoms in total. The second-order valence-corrected chi connectivity index (χ2v) is 5.30. The molecule has 2 atom stereocenters. The third-order valence-electron chi connectivity index (χ3n) is 3.78. The topological polar surface area (TPSA) is 12.0 Å². The summed E-state index contributed by atoms with van der Waals surface area (Å²) in [5.74, 6) is 0.734. The lowest BCUT2D eigenvalue weighted by Gasteiger charge is -2.26. The maximum absolute atomic E-state index is 6.29. The van der Waals surface area contributed by atoms with Gasteiger partial charge in [0.25, 0.3) is 0 Å². The molecule has 0 fully saturated rings. The Labute approximate surface area is 95.9 Å². The van der Waals surface area contributed by atoms with E-state index in [-0.39, 0.29) is 0 Å². The van der Waals surface area contributed by atoms with Crippen molar-refractivity contribution in [3.8, 4) is 0 Å². The fourth-order valence-corrected chi connectivity index (χ4v) is 3.29. The van der Waals surface area contributed by atoms with Crippen LogP contribution in [0.2, 0.25) is 0 Å². The Morgan fingerprint density at radius 2 is 2.27 bits per heavy atom. The van der Waals surface area contributed by atoms with E-state index in [1.165, 1.54) is 24.0 Å². The Morgan fingerprint density at radius 3 is 3.13 bits per heavy atom. The molecule has 0 aromatic carbocycles. The van der Waals surface area contributed by atoms with Crippen molar-refractivity contribution in [3.63, 3.8) is 0 Å². The number of allylic oxidation sites excluding steroid dienone is 4. The molecule has 3 aliphatic rings. The van der Waals surface area contributed by atoms with Gasteiger partial charge in [0.2, 0.25) is 0 Å². The minimum absolute atomic E-state index is 0.632. The first-order valence-corrected chi connectivity index (χ1v) is 6.17. The second kappa shape index (κ2) is 3.50. The zero-order valence-corrected chi connectivity index (χ0v) is 9.77. The maximum atomic E-state index is 6.29. The smallest absolute Gasteiger partial charge is 0.0256 e. The summed E-state index contributed by atoms with van der Waals surface area (Å²) >= 11 is 6.29. The van der Waals surface area contributed by atoms with E-state index < -0.39 is 0 Å². The molecule has 2 aliphatic carbocycles. The summed E-state index contributed by atoms with van der Waals surface area (Å²) in [7, 11) is 0. The average Bonchev–Trinajstić information content (AvgIpc) is 2.57. The molecule has 1 aliphatic heterocycles. The molecule has 0 unspecified atom stereocenters. The molecule has 0 bridgehead atoms. The summed E-state index contributed by atoms with van der Waals surface area (Å²) in [6, 6.07) is 0.632. The van der Waals surface area contributed by atoms with Crippen LogP contribution in [0.5, 0.6) is 0 Å². The van der Waals surface area contributed by atoms with Gasteiger partial charge in [-0.25, -0.2) is 0 Å². The van der Waals surface area contributed by atoms with Gasteiger partial charge in [-0.05, 0) is 48.8 Å². The fraction of sp³-hybridized carbons (Fsp3) is 0.538. The standard InChI is InChI=1S/C13H16ClN/c1-8-6-9-3-5-12(14)11-4-2-10(7-15-8)13(9)11/h2,4,8-9,15H,3,5-7H2,1H3/t8-,9-/m0/s1. The summed E-state index contributed by atoms with van der Waals surface area (Å²) in [5.41, 5.74) is 4.35.